The first-order valence-electron chi connectivity index (χ1n) is 9.14. The zero-order valence-electron chi connectivity index (χ0n) is 15.7. The molecule has 0 radical (unpaired) electrons. The zero-order chi connectivity index (χ0) is 19.2. The SMILES string of the molecule is COc1cccc(OC[C@H]2CCCN(C(=O)Nc3ccc(C)cc3F)C2)c1. The number of anilines is 1. The lowest BCUT2D eigenvalue weighted by molar-refractivity contribution is 0.145. The Morgan fingerprint density at radius 3 is 2.85 bits per heavy atom. The van der Waals surface area contributed by atoms with Crippen LogP contribution in [0.4, 0.5) is 14.9 Å². The Hall–Kier alpha value is -2.76. The normalized spacial score (nSPS) is 16.7. The molecule has 0 aromatic heterocycles. The molecule has 0 saturated carbocycles. The molecule has 3 rings (SSSR count). The molecule has 1 heterocycles. The van der Waals surface area contributed by atoms with Crippen LogP contribution in [0.1, 0.15) is 18.4 Å². The molecule has 0 bridgehead atoms. The molecule has 2 amide bonds. The number of amides is 2. The number of benzene rings is 2. The maximum Gasteiger partial charge on any atom is 0.321 e. The largest absolute Gasteiger partial charge is 0.497 e. The number of aryl methyl sites for hydroxylation is 1. The minimum atomic E-state index is -0.418. The van der Waals surface area contributed by atoms with Crippen molar-refractivity contribution in [2.24, 2.45) is 5.92 Å². The molecule has 27 heavy (non-hydrogen) atoms. The van der Waals surface area contributed by atoms with Gasteiger partial charge in [0.2, 0.25) is 0 Å². The number of nitrogens with zero attached hydrogens (tertiary/aromatic N) is 1. The van der Waals surface area contributed by atoms with Crippen LogP contribution in [0.5, 0.6) is 11.5 Å². The average Bonchev–Trinajstić information content (AvgIpc) is 2.69. The summed E-state index contributed by atoms with van der Waals surface area (Å²) in [6.45, 7) is 3.58. The van der Waals surface area contributed by atoms with Crippen LogP contribution < -0.4 is 14.8 Å². The van der Waals surface area contributed by atoms with Crippen molar-refractivity contribution in [2.45, 2.75) is 19.8 Å². The van der Waals surface area contributed by atoms with Gasteiger partial charge in [-0.2, -0.15) is 0 Å². The highest BCUT2D eigenvalue weighted by atomic mass is 19.1. The van der Waals surface area contributed by atoms with Gasteiger partial charge in [0.15, 0.2) is 0 Å². The lowest BCUT2D eigenvalue weighted by Gasteiger charge is -2.32. The van der Waals surface area contributed by atoms with Gasteiger partial charge in [-0.15, -0.1) is 0 Å². The molecule has 2 aromatic carbocycles. The number of ether oxygens (including phenoxy) is 2. The van der Waals surface area contributed by atoms with Crippen LogP contribution >= 0.6 is 0 Å². The summed E-state index contributed by atoms with van der Waals surface area (Å²) >= 11 is 0. The van der Waals surface area contributed by atoms with Crippen molar-refractivity contribution < 1.29 is 18.7 Å². The molecule has 6 heteroatoms. The van der Waals surface area contributed by atoms with Gasteiger partial charge < -0.3 is 19.7 Å². The van der Waals surface area contributed by atoms with E-state index in [-0.39, 0.29) is 17.6 Å². The lowest BCUT2D eigenvalue weighted by atomic mass is 9.99. The highest BCUT2D eigenvalue weighted by Crippen LogP contribution is 2.23. The second-order valence-corrected chi connectivity index (χ2v) is 6.86. The number of methoxy groups -OCH3 is 1. The van der Waals surface area contributed by atoms with E-state index in [2.05, 4.69) is 5.32 Å². The van der Waals surface area contributed by atoms with E-state index in [1.54, 1.807) is 24.1 Å². The topological polar surface area (TPSA) is 50.8 Å². The number of urea groups is 1. The van der Waals surface area contributed by atoms with Crippen LogP contribution in [0.25, 0.3) is 0 Å². The first-order chi connectivity index (χ1) is 13.0. The highest BCUT2D eigenvalue weighted by molar-refractivity contribution is 5.89. The number of piperidine rings is 1. The van der Waals surface area contributed by atoms with E-state index >= 15 is 0 Å². The third-order valence-corrected chi connectivity index (χ3v) is 4.70. The molecule has 0 aliphatic carbocycles. The standard InChI is InChI=1S/C21H25FN2O3/c1-15-8-9-20(19(22)11-15)23-21(25)24-10-4-5-16(13-24)14-27-18-7-3-6-17(12-18)26-2/h3,6-9,11-12,16H,4-5,10,13-14H2,1-2H3,(H,23,25)/t16-/m0/s1. The predicted molar refractivity (Wildman–Crippen MR) is 103 cm³/mol. The van der Waals surface area contributed by atoms with Crippen molar-refractivity contribution in [1.82, 2.24) is 4.90 Å². The molecular formula is C21H25FN2O3. The summed E-state index contributed by atoms with van der Waals surface area (Å²) in [6.07, 6.45) is 1.89. The number of halogens is 1. The molecule has 1 atom stereocenters. The molecule has 1 fully saturated rings. The minimum absolute atomic E-state index is 0.209. The second kappa shape index (κ2) is 8.75. The predicted octanol–water partition coefficient (Wildman–Crippen LogP) is 4.47. The number of hydrogen-bond acceptors (Lipinski definition) is 3. The van der Waals surface area contributed by atoms with Crippen LogP contribution in [-0.4, -0.2) is 37.7 Å². The van der Waals surface area contributed by atoms with Crippen LogP contribution in [0.2, 0.25) is 0 Å². The molecule has 0 spiro atoms. The molecule has 1 aliphatic heterocycles. The first kappa shape index (κ1) is 19.0. The van der Waals surface area contributed by atoms with Crippen LogP contribution in [-0.2, 0) is 0 Å². The summed E-state index contributed by atoms with van der Waals surface area (Å²) in [4.78, 5) is 14.2. The fraction of sp³-hybridized carbons (Fsp3) is 0.381. The summed E-state index contributed by atoms with van der Waals surface area (Å²) < 4.78 is 25.0. The molecule has 2 aromatic rings. The fourth-order valence-corrected chi connectivity index (χ4v) is 3.21. The highest BCUT2D eigenvalue weighted by Gasteiger charge is 2.24. The number of nitrogens with one attached hydrogen (secondary N) is 1. The summed E-state index contributed by atoms with van der Waals surface area (Å²) in [7, 11) is 1.62. The van der Waals surface area contributed by atoms with Gasteiger partial charge in [0.25, 0.3) is 0 Å². The summed E-state index contributed by atoms with van der Waals surface area (Å²) in [5, 5.41) is 2.67. The van der Waals surface area contributed by atoms with Gasteiger partial charge in [-0.3, -0.25) is 0 Å². The van der Waals surface area contributed by atoms with E-state index in [1.165, 1.54) is 6.07 Å². The Kier molecular flexibility index (Phi) is 6.16. The monoisotopic (exact) mass is 372 g/mol. The molecule has 5 nitrogen and oxygen atoms in total. The van der Waals surface area contributed by atoms with Gasteiger partial charge >= 0.3 is 6.03 Å². The summed E-state index contributed by atoms with van der Waals surface area (Å²) in [5.41, 5.74) is 1.03. The number of likely N-dealkylation sites (tertiary alicyclic amines) is 1. The van der Waals surface area contributed by atoms with Crippen molar-refractivity contribution in [2.75, 3.05) is 32.1 Å². The molecule has 144 valence electrons. The fourth-order valence-electron chi connectivity index (χ4n) is 3.21. The Bertz CT molecular complexity index is 797. The summed E-state index contributed by atoms with van der Waals surface area (Å²) in [5.74, 6) is 1.31. The Labute approximate surface area is 159 Å². The van der Waals surface area contributed by atoms with Gasteiger partial charge in [-0.25, -0.2) is 9.18 Å². The smallest absolute Gasteiger partial charge is 0.321 e. The van der Waals surface area contributed by atoms with Crippen molar-refractivity contribution in [3.63, 3.8) is 0 Å². The zero-order valence-corrected chi connectivity index (χ0v) is 15.7. The first-order valence-corrected chi connectivity index (χ1v) is 9.14. The van der Waals surface area contributed by atoms with Gasteiger partial charge in [0.1, 0.15) is 17.3 Å². The number of carbonyl (C=O) groups excluding carboxylic acids is 1. The van der Waals surface area contributed by atoms with Crippen LogP contribution in [0.3, 0.4) is 0 Å². The number of carbonyl (C=O) groups is 1. The van der Waals surface area contributed by atoms with E-state index in [0.717, 1.165) is 29.9 Å². The molecule has 1 N–H and O–H groups in total. The number of rotatable bonds is 5. The maximum absolute atomic E-state index is 14.0. The van der Waals surface area contributed by atoms with E-state index in [1.807, 2.05) is 31.2 Å². The minimum Gasteiger partial charge on any atom is -0.497 e. The van der Waals surface area contributed by atoms with E-state index in [9.17, 15) is 9.18 Å². The van der Waals surface area contributed by atoms with Crippen LogP contribution in [0.15, 0.2) is 42.5 Å². The van der Waals surface area contributed by atoms with E-state index in [4.69, 9.17) is 9.47 Å². The molecule has 0 unspecified atom stereocenters. The lowest BCUT2D eigenvalue weighted by Crippen LogP contribution is -2.43. The van der Waals surface area contributed by atoms with Gasteiger partial charge in [0.05, 0.1) is 19.4 Å². The molecular weight excluding hydrogens is 347 g/mol. The van der Waals surface area contributed by atoms with Gasteiger partial charge in [-0.05, 0) is 49.6 Å². The summed E-state index contributed by atoms with van der Waals surface area (Å²) in [6, 6.07) is 12.0. The molecule has 1 saturated heterocycles. The van der Waals surface area contributed by atoms with Crippen molar-refractivity contribution in [3.8, 4) is 11.5 Å². The third-order valence-electron chi connectivity index (χ3n) is 4.70. The average molecular weight is 372 g/mol. The van der Waals surface area contributed by atoms with Crippen molar-refractivity contribution in [3.05, 3.63) is 53.8 Å². The van der Waals surface area contributed by atoms with Gasteiger partial charge in [-0.1, -0.05) is 12.1 Å². The maximum atomic E-state index is 14.0. The Morgan fingerprint density at radius 1 is 1.26 bits per heavy atom. The quantitative estimate of drug-likeness (QED) is 0.843. The van der Waals surface area contributed by atoms with Crippen molar-refractivity contribution in [1.29, 1.82) is 0 Å². The number of hydrogen-bond donors (Lipinski definition) is 1. The van der Waals surface area contributed by atoms with Gasteiger partial charge in [0, 0.05) is 25.1 Å². The Balaban J connectivity index is 1.54. The van der Waals surface area contributed by atoms with E-state index < -0.39 is 5.82 Å². The van der Waals surface area contributed by atoms with Crippen LogP contribution in [0, 0.1) is 18.7 Å². The third kappa shape index (κ3) is 5.12. The van der Waals surface area contributed by atoms with E-state index in [0.29, 0.717) is 19.7 Å². The van der Waals surface area contributed by atoms with Crippen molar-refractivity contribution >= 4 is 11.7 Å². The molecule has 1 aliphatic rings. The second-order valence-electron chi connectivity index (χ2n) is 6.86. The Morgan fingerprint density at radius 2 is 2.07 bits per heavy atom.